The maximum Gasteiger partial charge on any atom is 0.257 e. The Labute approximate surface area is 164 Å². The van der Waals surface area contributed by atoms with E-state index in [1.165, 1.54) is 18.5 Å². The van der Waals surface area contributed by atoms with Gasteiger partial charge in [0.05, 0.1) is 16.8 Å². The quantitative estimate of drug-likeness (QED) is 0.638. The summed E-state index contributed by atoms with van der Waals surface area (Å²) in [4.78, 5) is 28.4. The van der Waals surface area contributed by atoms with E-state index in [9.17, 15) is 22.8 Å². The third-order valence-corrected chi connectivity index (χ3v) is 4.12. The first-order valence-corrected chi connectivity index (χ1v) is 8.59. The van der Waals surface area contributed by atoms with Gasteiger partial charge in [-0.25, -0.2) is 13.2 Å². The number of hydrogen-bond acceptors (Lipinski definition) is 3. The van der Waals surface area contributed by atoms with Crippen molar-refractivity contribution in [2.24, 2.45) is 0 Å². The largest absolute Gasteiger partial charge is 0.348 e. The Hall–Kier alpha value is -3.68. The van der Waals surface area contributed by atoms with Crippen LogP contribution in [-0.4, -0.2) is 16.8 Å². The normalized spacial score (nSPS) is 10.5. The molecule has 0 aliphatic heterocycles. The molecule has 0 spiro atoms. The van der Waals surface area contributed by atoms with E-state index in [2.05, 4.69) is 15.6 Å². The Morgan fingerprint density at radius 2 is 1.55 bits per heavy atom. The Kier molecular flexibility index (Phi) is 5.92. The Bertz CT molecular complexity index is 1070. The number of aryl methyl sites for hydroxylation is 1. The number of anilines is 1. The third kappa shape index (κ3) is 4.78. The van der Waals surface area contributed by atoms with Gasteiger partial charge in [0, 0.05) is 18.9 Å². The molecule has 0 unspecified atom stereocenters. The van der Waals surface area contributed by atoms with Crippen LogP contribution in [0.4, 0.5) is 18.9 Å². The molecule has 0 saturated carbocycles. The molecule has 0 radical (unpaired) electrons. The highest BCUT2D eigenvalue weighted by atomic mass is 19.2. The van der Waals surface area contributed by atoms with Gasteiger partial charge in [-0.1, -0.05) is 29.8 Å². The first kappa shape index (κ1) is 20.1. The van der Waals surface area contributed by atoms with Crippen molar-refractivity contribution >= 4 is 17.5 Å². The van der Waals surface area contributed by atoms with E-state index in [-0.39, 0.29) is 17.7 Å². The van der Waals surface area contributed by atoms with E-state index in [0.29, 0.717) is 6.07 Å². The van der Waals surface area contributed by atoms with Crippen molar-refractivity contribution in [3.8, 4) is 0 Å². The number of carbonyl (C=O) groups is 2. The van der Waals surface area contributed by atoms with E-state index < -0.39 is 35.0 Å². The van der Waals surface area contributed by atoms with E-state index in [4.69, 9.17) is 0 Å². The molecule has 3 rings (SSSR count). The summed E-state index contributed by atoms with van der Waals surface area (Å²) in [6, 6.07) is 10.5. The number of nitrogens with one attached hydrogen (secondary N) is 2. The highest BCUT2D eigenvalue weighted by Crippen LogP contribution is 2.20. The fourth-order valence-electron chi connectivity index (χ4n) is 2.50. The second-order valence-corrected chi connectivity index (χ2v) is 6.31. The number of aromatic nitrogens is 1. The summed E-state index contributed by atoms with van der Waals surface area (Å²) in [5, 5.41) is 4.84. The predicted molar refractivity (Wildman–Crippen MR) is 101 cm³/mol. The molecular weight excluding hydrogens is 383 g/mol. The van der Waals surface area contributed by atoms with Gasteiger partial charge in [-0.3, -0.25) is 14.6 Å². The maximum absolute atomic E-state index is 13.7. The summed E-state index contributed by atoms with van der Waals surface area (Å²) >= 11 is 0. The zero-order valence-corrected chi connectivity index (χ0v) is 15.3. The SMILES string of the molecule is Cc1ccc(CNC(=O)c2cncc(C(=O)Nc3ccc(F)c(F)c3F)c2)cc1. The van der Waals surface area contributed by atoms with E-state index in [0.717, 1.165) is 17.2 Å². The minimum atomic E-state index is -1.69. The number of rotatable bonds is 5. The number of benzene rings is 2. The van der Waals surface area contributed by atoms with Crippen LogP contribution in [-0.2, 0) is 6.54 Å². The second-order valence-electron chi connectivity index (χ2n) is 6.31. The molecule has 8 heteroatoms. The van der Waals surface area contributed by atoms with Crippen LogP contribution in [0.3, 0.4) is 0 Å². The first-order chi connectivity index (χ1) is 13.8. The van der Waals surface area contributed by atoms with Gasteiger partial charge < -0.3 is 10.6 Å². The van der Waals surface area contributed by atoms with Crippen LogP contribution >= 0.6 is 0 Å². The summed E-state index contributed by atoms with van der Waals surface area (Å²) in [7, 11) is 0. The van der Waals surface area contributed by atoms with E-state index in [1.54, 1.807) is 0 Å². The zero-order valence-electron chi connectivity index (χ0n) is 15.3. The lowest BCUT2D eigenvalue weighted by atomic mass is 10.1. The molecule has 0 atom stereocenters. The minimum Gasteiger partial charge on any atom is -0.348 e. The molecule has 1 aromatic heterocycles. The van der Waals surface area contributed by atoms with Crippen molar-refractivity contribution in [2.75, 3.05) is 5.32 Å². The predicted octanol–water partition coefficient (Wildman–Crippen LogP) is 3.99. The molecule has 3 aromatic rings. The molecule has 0 fully saturated rings. The highest BCUT2D eigenvalue weighted by molar-refractivity contribution is 6.05. The zero-order chi connectivity index (χ0) is 21.0. The van der Waals surface area contributed by atoms with Crippen molar-refractivity contribution < 1.29 is 22.8 Å². The van der Waals surface area contributed by atoms with Crippen molar-refractivity contribution in [3.05, 3.63) is 94.6 Å². The molecule has 0 aliphatic rings. The number of hydrogen-bond donors (Lipinski definition) is 2. The van der Waals surface area contributed by atoms with Gasteiger partial charge in [0.25, 0.3) is 11.8 Å². The molecule has 1 heterocycles. The smallest absolute Gasteiger partial charge is 0.257 e. The van der Waals surface area contributed by atoms with Crippen LogP contribution in [0.15, 0.2) is 54.9 Å². The van der Waals surface area contributed by atoms with Crippen molar-refractivity contribution in [1.82, 2.24) is 10.3 Å². The van der Waals surface area contributed by atoms with Gasteiger partial charge in [0.2, 0.25) is 0 Å². The number of carbonyl (C=O) groups excluding carboxylic acids is 2. The van der Waals surface area contributed by atoms with Gasteiger partial charge in [-0.05, 0) is 30.7 Å². The number of halogens is 3. The van der Waals surface area contributed by atoms with E-state index >= 15 is 0 Å². The lowest BCUT2D eigenvalue weighted by Gasteiger charge is -2.09. The summed E-state index contributed by atoms with van der Waals surface area (Å²) < 4.78 is 40.0. The summed E-state index contributed by atoms with van der Waals surface area (Å²) in [5.41, 5.74) is 1.55. The Morgan fingerprint density at radius 1 is 0.897 bits per heavy atom. The fourth-order valence-corrected chi connectivity index (χ4v) is 2.50. The summed E-state index contributed by atoms with van der Waals surface area (Å²) in [5.74, 6) is -5.85. The maximum atomic E-state index is 13.7. The average Bonchev–Trinajstić information content (AvgIpc) is 2.73. The lowest BCUT2D eigenvalue weighted by molar-refractivity contribution is 0.0950. The molecule has 29 heavy (non-hydrogen) atoms. The van der Waals surface area contributed by atoms with Crippen LogP contribution in [0.25, 0.3) is 0 Å². The number of pyridine rings is 1. The number of amides is 2. The first-order valence-electron chi connectivity index (χ1n) is 8.59. The Balaban J connectivity index is 1.69. The van der Waals surface area contributed by atoms with Gasteiger partial charge in [0.1, 0.15) is 0 Å². The molecule has 2 amide bonds. The third-order valence-electron chi connectivity index (χ3n) is 4.12. The van der Waals surface area contributed by atoms with E-state index in [1.807, 2.05) is 31.2 Å². The molecular formula is C21H16F3N3O2. The van der Waals surface area contributed by atoms with Crippen molar-refractivity contribution in [2.45, 2.75) is 13.5 Å². The van der Waals surface area contributed by atoms with Gasteiger partial charge in [0.15, 0.2) is 17.5 Å². The van der Waals surface area contributed by atoms with Crippen LogP contribution in [0.5, 0.6) is 0 Å². The fraction of sp³-hybridized carbons (Fsp3) is 0.0952. The molecule has 0 bridgehead atoms. The Morgan fingerprint density at radius 3 is 2.24 bits per heavy atom. The minimum absolute atomic E-state index is 0.0443. The molecule has 5 nitrogen and oxygen atoms in total. The number of nitrogens with zero attached hydrogens (tertiary/aromatic N) is 1. The molecule has 2 N–H and O–H groups in total. The van der Waals surface area contributed by atoms with Crippen LogP contribution in [0.1, 0.15) is 31.8 Å². The van der Waals surface area contributed by atoms with Crippen LogP contribution < -0.4 is 10.6 Å². The van der Waals surface area contributed by atoms with Crippen LogP contribution in [0, 0.1) is 24.4 Å². The second kappa shape index (κ2) is 8.55. The monoisotopic (exact) mass is 399 g/mol. The molecule has 2 aromatic carbocycles. The highest BCUT2D eigenvalue weighted by Gasteiger charge is 2.17. The molecule has 0 aliphatic carbocycles. The molecule has 148 valence electrons. The van der Waals surface area contributed by atoms with Crippen molar-refractivity contribution in [1.29, 1.82) is 0 Å². The lowest BCUT2D eigenvalue weighted by Crippen LogP contribution is -2.23. The van der Waals surface area contributed by atoms with Gasteiger partial charge in [-0.15, -0.1) is 0 Å². The molecule has 0 saturated heterocycles. The van der Waals surface area contributed by atoms with Gasteiger partial charge >= 0.3 is 0 Å². The topological polar surface area (TPSA) is 71.1 Å². The van der Waals surface area contributed by atoms with Gasteiger partial charge in [-0.2, -0.15) is 0 Å². The standard InChI is InChI=1S/C21H16F3N3O2/c1-12-2-4-13(5-3-12)9-26-20(28)14-8-15(11-25-10-14)21(29)27-17-7-6-16(22)18(23)19(17)24/h2-8,10-11H,9H2,1H3,(H,26,28)(H,27,29). The average molecular weight is 399 g/mol. The van der Waals surface area contributed by atoms with Crippen LogP contribution in [0.2, 0.25) is 0 Å². The summed E-state index contributed by atoms with van der Waals surface area (Å²) in [6.45, 7) is 2.24. The van der Waals surface area contributed by atoms with Crippen molar-refractivity contribution in [3.63, 3.8) is 0 Å². The summed E-state index contributed by atoms with van der Waals surface area (Å²) in [6.07, 6.45) is 2.45.